The van der Waals surface area contributed by atoms with Gasteiger partial charge in [-0.05, 0) is 66.7 Å². The highest BCUT2D eigenvalue weighted by Gasteiger charge is 2.27. The summed E-state index contributed by atoms with van der Waals surface area (Å²) in [5.41, 5.74) is 0.625. The van der Waals surface area contributed by atoms with Gasteiger partial charge in [0.2, 0.25) is 10.0 Å². The molecule has 0 aliphatic carbocycles. The van der Waals surface area contributed by atoms with Crippen LogP contribution in [0, 0.1) is 0 Å². The molecular weight excluding hydrogens is 542 g/mol. The number of benzene rings is 3. The van der Waals surface area contributed by atoms with E-state index in [2.05, 4.69) is 10.0 Å². The summed E-state index contributed by atoms with van der Waals surface area (Å²) in [6.07, 6.45) is 0. The Morgan fingerprint density at radius 2 is 1.49 bits per heavy atom. The second kappa shape index (κ2) is 11.1. The monoisotopic (exact) mass is 565 g/mol. The number of morpholine rings is 1. The van der Waals surface area contributed by atoms with Crippen LogP contribution in [0.25, 0.3) is 0 Å². The number of carbonyl (C=O) groups is 1. The summed E-state index contributed by atoms with van der Waals surface area (Å²) >= 11 is 6.19. The predicted molar refractivity (Wildman–Crippen MR) is 139 cm³/mol. The van der Waals surface area contributed by atoms with Crippen LogP contribution in [0.1, 0.15) is 10.4 Å². The standard InChI is InChI=1S/C24H24ClN3O7S2/c1-34-19-6-2-18(3-7-19)27-36(30,31)20-8-4-17(5-9-20)26-24(29)22-16-21(10-11-23(22)25)37(32,33)28-12-14-35-15-13-28/h2-11,16,27H,12-15H2,1H3,(H,26,29). The van der Waals surface area contributed by atoms with Gasteiger partial charge in [0, 0.05) is 24.5 Å². The van der Waals surface area contributed by atoms with E-state index in [0.29, 0.717) is 30.3 Å². The zero-order chi connectivity index (χ0) is 26.6. The summed E-state index contributed by atoms with van der Waals surface area (Å²) in [6, 6.07) is 15.8. The molecule has 1 saturated heterocycles. The van der Waals surface area contributed by atoms with Crippen LogP contribution < -0.4 is 14.8 Å². The van der Waals surface area contributed by atoms with Gasteiger partial charge >= 0.3 is 0 Å². The summed E-state index contributed by atoms with van der Waals surface area (Å²) in [4.78, 5) is 12.8. The maximum absolute atomic E-state index is 13.0. The number of hydrogen-bond donors (Lipinski definition) is 2. The van der Waals surface area contributed by atoms with E-state index in [-0.39, 0.29) is 33.5 Å². The Bertz CT molecular complexity index is 1490. The second-order valence-electron chi connectivity index (χ2n) is 7.97. The molecular formula is C24H24ClN3O7S2. The van der Waals surface area contributed by atoms with Crippen molar-refractivity contribution < 1.29 is 31.1 Å². The van der Waals surface area contributed by atoms with Gasteiger partial charge in [-0.15, -0.1) is 0 Å². The fourth-order valence-corrected chi connectivity index (χ4v) is 6.26. The van der Waals surface area contributed by atoms with Gasteiger partial charge < -0.3 is 14.8 Å². The molecule has 2 N–H and O–H groups in total. The lowest BCUT2D eigenvalue weighted by Gasteiger charge is -2.26. The molecule has 0 unspecified atom stereocenters. The third-order valence-corrected chi connectivity index (χ3v) is 9.18. The number of nitrogens with zero attached hydrogens (tertiary/aromatic N) is 1. The molecule has 3 aromatic carbocycles. The molecule has 1 aliphatic heterocycles. The summed E-state index contributed by atoms with van der Waals surface area (Å²) < 4.78 is 65.3. The molecule has 0 spiro atoms. The summed E-state index contributed by atoms with van der Waals surface area (Å²) in [5, 5.41) is 2.69. The molecule has 1 heterocycles. The van der Waals surface area contributed by atoms with Crippen LogP contribution in [0.15, 0.2) is 76.5 Å². The lowest BCUT2D eigenvalue weighted by atomic mass is 10.2. The van der Waals surface area contributed by atoms with Crippen molar-refractivity contribution in [3.05, 3.63) is 77.3 Å². The van der Waals surface area contributed by atoms with Crippen LogP contribution in [0.5, 0.6) is 5.75 Å². The molecule has 0 saturated carbocycles. The van der Waals surface area contributed by atoms with E-state index in [1.807, 2.05) is 0 Å². The molecule has 0 atom stereocenters. The van der Waals surface area contributed by atoms with Gasteiger partial charge in [-0.2, -0.15) is 4.31 Å². The molecule has 0 radical (unpaired) electrons. The van der Waals surface area contributed by atoms with Gasteiger partial charge in [-0.1, -0.05) is 11.6 Å². The number of halogens is 1. The predicted octanol–water partition coefficient (Wildman–Crippen LogP) is 3.42. The number of ether oxygens (including phenoxy) is 2. The SMILES string of the molecule is COc1ccc(NS(=O)(=O)c2ccc(NC(=O)c3cc(S(=O)(=O)N4CCOCC4)ccc3Cl)cc2)cc1. The van der Waals surface area contributed by atoms with Crippen molar-refractivity contribution >= 4 is 48.9 Å². The van der Waals surface area contributed by atoms with E-state index in [0.717, 1.165) is 0 Å². The minimum Gasteiger partial charge on any atom is -0.497 e. The Balaban J connectivity index is 1.48. The van der Waals surface area contributed by atoms with Crippen LogP contribution in [-0.2, 0) is 24.8 Å². The molecule has 0 bridgehead atoms. The van der Waals surface area contributed by atoms with Gasteiger partial charge in [0.05, 0.1) is 40.7 Å². The average Bonchev–Trinajstić information content (AvgIpc) is 2.90. The Labute approximate surface area is 220 Å². The van der Waals surface area contributed by atoms with E-state index in [4.69, 9.17) is 21.1 Å². The summed E-state index contributed by atoms with van der Waals surface area (Å²) in [7, 11) is -6.19. The van der Waals surface area contributed by atoms with E-state index >= 15 is 0 Å². The lowest BCUT2D eigenvalue weighted by Crippen LogP contribution is -2.40. The first-order valence-electron chi connectivity index (χ1n) is 11.1. The Kier molecular flexibility index (Phi) is 8.05. The summed E-state index contributed by atoms with van der Waals surface area (Å²) in [5.74, 6) is -0.0524. The quantitative estimate of drug-likeness (QED) is 0.428. The highest BCUT2D eigenvalue weighted by atomic mass is 35.5. The molecule has 10 nitrogen and oxygen atoms in total. The fourth-order valence-electron chi connectivity index (χ4n) is 3.56. The van der Waals surface area contributed by atoms with Crippen molar-refractivity contribution in [3.63, 3.8) is 0 Å². The van der Waals surface area contributed by atoms with Crippen molar-refractivity contribution in [2.75, 3.05) is 43.5 Å². The number of amides is 1. The molecule has 1 fully saturated rings. The van der Waals surface area contributed by atoms with E-state index in [9.17, 15) is 21.6 Å². The Morgan fingerprint density at radius 1 is 0.892 bits per heavy atom. The smallest absolute Gasteiger partial charge is 0.261 e. The van der Waals surface area contributed by atoms with Gasteiger partial charge in [-0.25, -0.2) is 16.8 Å². The molecule has 4 rings (SSSR count). The van der Waals surface area contributed by atoms with E-state index in [1.165, 1.54) is 53.9 Å². The van der Waals surface area contributed by atoms with Crippen molar-refractivity contribution in [3.8, 4) is 5.75 Å². The fraction of sp³-hybridized carbons (Fsp3) is 0.208. The van der Waals surface area contributed by atoms with Crippen molar-refractivity contribution in [2.24, 2.45) is 0 Å². The highest BCUT2D eigenvalue weighted by molar-refractivity contribution is 7.92. The molecule has 1 amide bonds. The Hall–Kier alpha value is -3.16. The Morgan fingerprint density at radius 3 is 2.11 bits per heavy atom. The maximum atomic E-state index is 13.0. The number of nitrogens with one attached hydrogen (secondary N) is 2. The van der Waals surface area contributed by atoms with Crippen molar-refractivity contribution in [1.29, 1.82) is 0 Å². The number of sulfonamides is 2. The van der Waals surface area contributed by atoms with Crippen LogP contribution in [-0.4, -0.2) is 60.5 Å². The largest absolute Gasteiger partial charge is 0.497 e. The van der Waals surface area contributed by atoms with Crippen LogP contribution >= 0.6 is 11.6 Å². The molecule has 1 aliphatic rings. The first kappa shape index (κ1) is 26.9. The number of rotatable bonds is 8. The van der Waals surface area contributed by atoms with Crippen LogP contribution in [0.4, 0.5) is 11.4 Å². The number of anilines is 2. The molecule has 13 heteroatoms. The van der Waals surface area contributed by atoms with E-state index in [1.54, 1.807) is 24.3 Å². The van der Waals surface area contributed by atoms with Gasteiger partial charge in [0.1, 0.15) is 5.75 Å². The molecule has 3 aromatic rings. The number of carbonyl (C=O) groups excluding carboxylic acids is 1. The van der Waals surface area contributed by atoms with E-state index < -0.39 is 26.0 Å². The maximum Gasteiger partial charge on any atom is 0.261 e. The molecule has 37 heavy (non-hydrogen) atoms. The minimum atomic E-state index is -3.87. The number of methoxy groups -OCH3 is 1. The minimum absolute atomic E-state index is 0.0158. The first-order chi connectivity index (χ1) is 17.6. The highest BCUT2D eigenvalue weighted by Crippen LogP contribution is 2.25. The topological polar surface area (TPSA) is 131 Å². The van der Waals surface area contributed by atoms with Crippen LogP contribution in [0.2, 0.25) is 5.02 Å². The second-order valence-corrected chi connectivity index (χ2v) is 12.0. The average molecular weight is 566 g/mol. The summed E-state index contributed by atoms with van der Waals surface area (Å²) in [6.45, 7) is 1.02. The molecule has 0 aromatic heterocycles. The van der Waals surface area contributed by atoms with Crippen molar-refractivity contribution in [1.82, 2.24) is 4.31 Å². The zero-order valence-corrected chi connectivity index (χ0v) is 22.1. The van der Waals surface area contributed by atoms with Gasteiger partial charge in [-0.3, -0.25) is 9.52 Å². The van der Waals surface area contributed by atoms with Crippen LogP contribution in [0.3, 0.4) is 0 Å². The third kappa shape index (κ3) is 6.22. The zero-order valence-electron chi connectivity index (χ0n) is 19.7. The molecule has 196 valence electrons. The van der Waals surface area contributed by atoms with Crippen molar-refractivity contribution in [2.45, 2.75) is 9.79 Å². The lowest BCUT2D eigenvalue weighted by molar-refractivity contribution is 0.0730. The number of hydrogen-bond acceptors (Lipinski definition) is 7. The first-order valence-corrected chi connectivity index (χ1v) is 14.4. The van der Waals surface area contributed by atoms with Gasteiger partial charge in [0.25, 0.3) is 15.9 Å². The van der Waals surface area contributed by atoms with Gasteiger partial charge in [0.15, 0.2) is 0 Å². The normalized spacial score (nSPS) is 14.6. The third-order valence-electron chi connectivity index (χ3n) is 5.55.